The van der Waals surface area contributed by atoms with E-state index in [1.54, 1.807) is 6.20 Å². The first-order chi connectivity index (χ1) is 13.0. The maximum atomic E-state index is 8.78. The molecule has 1 fully saturated rings. The first-order valence-electron chi connectivity index (χ1n) is 8.97. The van der Waals surface area contributed by atoms with E-state index < -0.39 is 0 Å². The molecular weight excluding hydrogens is 366 g/mol. The lowest BCUT2D eigenvalue weighted by atomic mass is 10.1. The predicted molar refractivity (Wildman–Crippen MR) is 106 cm³/mol. The zero-order valence-electron chi connectivity index (χ0n) is 15.5. The van der Waals surface area contributed by atoms with Gasteiger partial charge in [-0.2, -0.15) is 5.10 Å². The van der Waals surface area contributed by atoms with Gasteiger partial charge in [0.15, 0.2) is 0 Å². The van der Waals surface area contributed by atoms with Crippen LogP contribution in [-0.2, 0) is 4.74 Å². The molecule has 1 unspecified atom stereocenters. The number of nitrogens with zero attached hydrogens (tertiary/aromatic N) is 4. The molecule has 0 spiro atoms. The van der Waals surface area contributed by atoms with Gasteiger partial charge in [-0.3, -0.25) is 0 Å². The molecule has 0 aliphatic carbocycles. The topological polar surface area (TPSA) is 98.6 Å². The molecule has 3 aromatic heterocycles. The summed E-state index contributed by atoms with van der Waals surface area (Å²) in [6.45, 7) is 5.66. The van der Waals surface area contributed by atoms with Gasteiger partial charge in [-0.05, 0) is 30.4 Å². The summed E-state index contributed by atoms with van der Waals surface area (Å²) in [6, 6.07) is 4.11. The number of aliphatic hydroxyl groups is 1. The van der Waals surface area contributed by atoms with E-state index in [-0.39, 0.29) is 12.1 Å². The zero-order chi connectivity index (χ0) is 19.4. The fraction of sp³-hybridized carbons (Fsp3) is 0.421. The van der Waals surface area contributed by atoms with Crippen LogP contribution in [0.4, 0.5) is 5.95 Å². The number of anilines is 1. The Morgan fingerprint density at radius 1 is 1.33 bits per heavy atom. The number of aromatic nitrogens is 4. The van der Waals surface area contributed by atoms with Gasteiger partial charge in [0.25, 0.3) is 0 Å². The second-order valence-corrected chi connectivity index (χ2v) is 7.21. The van der Waals surface area contributed by atoms with Gasteiger partial charge in [0.05, 0.1) is 41.3 Å². The lowest BCUT2D eigenvalue weighted by molar-refractivity contribution is -0.00535. The molecule has 1 atom stereocenters. The SMILES string of the molecule is CC(C)c1ccc2c(-c3nc(N)ncc3Cl)cnn2c1.OC1CCCOC1. The van der Waals surface area contributed by atoms with Crippen molar-refractivity contribution in [2.75, 3.05) is 18.9 Å². The Morgan fingerprint density at radius 2 is 2.15 bits per heavy atom. The number of ether oxygens (including phenoxy) is 1. The average Bonchev–Trinajstić information content (AvgIpc) is 3.08. The summed E-state index contributed by atoms with van der Waals surface area (Å²) in [4.78, 5) is 8.08. The Balaban J connectivity index is 0.000000253. The molecular formula is C19H24ClN5O2. The van der Waals surface area contributed by atoms with Crippen LogP contribution in [0, 0.1) is 0 Å². The van der Waals surface area contributed by atoms with Gasteiger partial charge in [-0.1, -0.05) is 31.5 Å². The van der Waals surface area contributed by atoms with Crippen molar-refractivity contribution in [2.45, 2.75) is 38.7 Å². The number of pyridine rings is 1. The first-order valence-corrected chi connectivity index (χ1v) is 9.35. The molecule has 4 heterocycles. The molecule has 8 heteroatoms. The van der Waals surface area contributed by atoms with Gasteiger partial charge >= 0.3 is 0 Å². The molecule has 1 saturated heterocycles. The highest BCUT2D eigenvalue weighted by Crippen LogP contribution is 2.29. The minimum absolute atomic E-state index is 0.186. The highest BCUT2D eigenvalue weighted by molar-refractivity contribution is 6.33. The van der Waals surface area contributed by atoms with Crippen LogP contribution in [0.25, 0.3) is 16.8 Å². The molecule has 0 amide bonds. The van der Waals surface area contributed by atoms with Crippen molar-refractivity contribution in [1.82, 2.24) is 19.6 Å². The van der Waals surface area contributed by atoms with Crippen LogP contribution in [0.5, 0.6) is 0 Å². The van der Waals surface area contributed by atoms with Crippen molar-refractivity contribution in [2.24, 2.45) is 0 Å². The minimum Gasteiger partial charge on any atom is -0.391 e. The fourth-order valence-corrected chi connectivity index (χ4v) is 3.01. The van der Waals surface area contributed by atoms with Crippen LogP contribution in [0.1, 0.15) is 38.2 Å². The van der Waals surface area contributed by atoms with Gasteiger partial charge in [0.1, 0.15) is 0 Å². The summed E-state index contributed by atoms with van der Waals surface area (Å²) in [7, 11) is 0. The largest absolute Gasteiger partial charge is 0.391 e. The first kappa shape index (κ1) is 19.5. The van der Waals surface area contributed by atoms with E-state index in [0.29, 0.717) is 23.2 Å². The summed E-state index contributed by atoms with van der Waals surface area (Å²) in [6.07, 6.45) is 7.01. The quantitative estimate of drug-likeness (QED) is 0.697. The predicted octanol–water partition coefficient (Wildman–Crippen LogP) is 3.31. The molecule has 0 bridgehead atoms. The van der Waals surface area contributed by atoms with Crippen LogP contribution in [0.3, 0.4) is 0 Å². The monoisotopic (exact) mass is 389 g/mol. The maximum absolute atomic E-state index is 8.78. The normalized spacial score (nSPS) is 17.0. The molecule has 3 N–H and O–H groups in total. The van der Waals surface area contributed by atoms with Crippen molar-refractivity contribution >= 4 is 23.1 Å². The van der Waals surface area contributed by atoms with Gasteiger partial charge < -0.3 is 15.6 Å². The molecule has 0 radical (unpaired) electrons. The van der Waals surface area contributed by atoms with E-state index in [1.807, 2.05) is 16.8 Å². The maximum Gasteiger partial charge on any atom is 0.220 e. The lowest BCUT2D eigenvalue weighted by Gasteiger charge is -2.15. The summed E-state index contributed by atoms with van der Waals surface area (Å²) in [5.74, 6) is 0.646. The van der Waals surface area contributed by atoms with Crippen molar-refractivity contribution in [3.8, 4) is 11.3 Å². The fourth-order valence-electron chi connectivity index (χ4n) is 2.82. The summed E-state index contributed by atoms with van der Waals surface area (Å²) < 4.78 is 6.76. The van der Waals surface area contributed by atoms with E-state index in [1.165, 1.54) is 11.8 Å². The van der Waals surface area contributed by atoms with Crippen LogP contribution in [0.15, 0.2) is 30.7 Å². The second kappa shape index (κ2) is 8.65. The molecule has 3 aromatic rings. The molecule has 27 heavy (non-hydrogen) atoms. The number of rotatable bonds is 2. The molecule has 7 nitrogen and oxygen atoms in total. The van der Waals surface area contributed by atoms with E-state index in [9.17, 15) is 0 Å². The summed E-state index contributed by atoms with van der Waals surface area (Å²) in [5, 5.41) is 13.6. The van der Waals surface area contributed by atoms with E-state index in [0.717, 1.165) is 30.5 Å². The van der Waals surface area contributed by atoms with Crippen molar-refractivity contribution in [1.29, 1.82) is 0 Å². The van der Waals surface area contributed by atoms with Crippen LogP contribution in [-0.4, -0.2) is 44.0 Å². The summed E-state index contributed by atoms with van der Waals surface area (Å²) in [5.41, 5.74) is 9.25. The smallest absolute Gasteiger partial charge is 0.220 e. The van der Waals surface area contributed by atoms with E-state index >= 15 is 0 Å². The lowest BCUT2D eigenvalue weighted by Crippen LogP contribution is -2.21. The van der Waals surface area contributed by atoms with Gasteiger partial charge in [-0.25, -0.2) is 14.5 Å². The average molecular weight is 390 g/mol. The molecule has 1 aliphatic heterocycles. The number of nitrogen functional groups attached to an aromatic ring is 1. The highest BCUT2D eigenvalue weighted by atomic mass is 35.5. The number of halogens is 1. The van der Waals surface area contributed by atoms with Crippen LogP contribution in [0.2, 0.25) is 5.02 Å². The highest BCUT2D eigenvalue weighted by Gasteiger charge is 2.13. The zero-order valence-corrected chi connectivity index (χ0v) is 16.2. The van der Waals surface area contributed by atoms with Gasteiger partial charge in [0, 0.05) is 18.4 Å². The molecule has 4 rings (SSSR count). The number of nitrogens with two attached hydrogens (primary N) is 1. The van der Waals surface area contributed by atoms with Crippen LogP contribution < -0.4 is 5.73 Å². The molecule has 0 aromatic carbocycles. The molecule has 0 saturated carbocycles. The standard InChI is InChI=1S/C14H14ClN5.C5H10O2/c1-8(2)9-3-4-12-10(5-18-20(12)7-9)13-11(15)6-17-14(16)19-13;6-5-2-1-3-7-4-5/h3-8H,1-2H3,(H2,16,17,19);5-6H,1-4H2. The Hall–Kier alpha value is -2.22. The van der Waals surface area contributed by atoms with Crippen molar-refractivity contribution in [3.05, 3.63) is 41.3 Å². The number of fused-ring (bicyclic) bond motifs is 1. The Labute approximate surface area is 163 Å². The Bertz CT molecular complexity index is 906. The number of aliphatic hydroxyl groups excluding tert-OH is 1. The third-order valence-corrected chi connectivity index (χ3v) is 4.64. The molecule has 144 valence electrons. The van der Waals surface area contributed by atoms with Gasteiger partial charge in [0.2, 0.25) is 5.95 Å². The third kappa shape index (κ3) is 4.74. The Kier molecular flexibility index (Phi) is 6.26. The minimum atomic E-state index is -0.186. The van der Waals surface area contributed by atoms with Crippen molar-refractivity contribution in [3.63, 3.8) is 0 Å². The Morgan fingerprint density at radius 3 is 2.78 bits per heavy atom. The van der Waals surface area contributed by atoms with E-state index in [2.05, 4.69) is 35.0 Å². The number of hydrogen-bond donors (Lipinski definition) is 2. The van der Waals surface area contributed by atoms with Gasteiger partial charge in [-0.15, -0.1) is 0 Å². The second-order valence-electron chi connectivity index (χ2n) is 6.80. The third-order valence-electron chi connectivity index (χ3n) is 4.36. The summed E-state index contributed by atoms with van der Waals surface area (Å²) >= 11 is 6.15. The van der Waals surface area contributed by atoms with Crippen molar-refractivity contribution < 1.29 is 9.84 Å². The van der Waals surface area contributed by atoms with Crippen LogP contribution >= 0.6 is 11.6 Å². The molecule has 1 aliphatic rings. The number of hydrogen-bond acceptors (Lipinski definition) is 6. The van der Waals surface area contributed by atoms with E-state index in [4.69, 9.17) is 27.2 Å².